The van der Waals surface area contributed by atoms with Crippen LogP contribution in [0.4, 0.5) is 4.39 Å². The van der Waals surface area contributed by atoms with E-state index < -0.39 is 0 Å². The van der Waals surface area contributed by atoms with Gasteiger partial charge in [-0.15, -0.1) is 0 Å². The molecular formula is C20H26FN3O2. The van der Waals surface area contributed by atoms with Crippen LogP contribution in [0.3, 0.4) is 0 Å². The maximum atomic E-state index is 13.8. The highest BCUT2D eigenvalue weighted by molar-refractivity contribution is 5.76. The van der Waals surface area contributed by atoms with Crippen molar-refractivity contribution in [2.45, 2.75) is 39.7 Å². The lowest BCUT2D eigenvalue weighted by molar-refractivity contribution is -0.131. The fourth-order valence-electron chi connectivity index (χ4n) is 3.49. The monoisotopic (exact) mass is 359 g/mol. The molecule has 2 aromatic rings. The van der Waals surface area contributed by atoms with Gasteiger partial charge in [0.1, 0.15) is 11.6 Å². The Labute approximate surface area is 153 Å². The van der Waals surface area contributed by atoms with Crippen LogP contribution >= 0.6 is 0 Å². The molecule has 0 radical (unpaired) electrons. The van der Waals surface area contributed by atoms with Gasteiger partial charge in [-0.05, 0) is 32.8 Å². The van der Waals surface area contributed by atoms with Crippen LogP contribution in [0.2, 0.25) is 0 Å². The Morgan fingerprint density at radius 3 is 2.73 bits per heavy atom. The maximum Gasteiger partial charge on any atom is 0.222 e. The second kappa shape index (κ2) is 8.45. The molecule has 26 heavy (non-hydrogen) atoms. The minimum atomic E-state index is -0.163. The molecule has 3 rings (SSSR count). The lowest BCUT2D eigenvalue weighted by Gasteiger charge is -2.22. The Balaban J connectivity index is 1.51. The first-order valence-corrected chi connectivity index (χ1v) is 9.20. The van der Waals surface area contributed by atoms with Gasteiger partial charge in [0.05, 0.1) is 5.69 Å². The van der Waals surface area contributed by atoms with Gasteiger partial charge in [0.25, 0.3) is 0 Å². The zero-order chi connectivity index (χ0) is 18.5. The summed E-state index contributed by atoms with van der Waals surface area (Å²) in [5.41, 5.74) is 2.61. The minimum Gasteiger partial charge on any atom is -0.361 e. The highest BCUT2D eigenvalue weighted by atomic mass is 19.1. The summed E-state index contributed by atoms with van der Waals surface area (Å²) in [5.74, 6) is 0.795. The van der Waals surface area contributed by atoms with Gasteiger partial charge in [0.15, 0.2) is 0 Å². The Bertz CT molecular complexity index is 740. The number of benzene rings is 1. The third-order valence-electron chi connectivity index (χ3n) is 5.06. The van der Waals surface area contributed by atoms with Gasteiger partial charge in [-0.1, -0.05) is 23.4 Å². The third-order valence-corrected chi connectivity index (χ3v) is 5.06. The number of carbonyl (C=O) groups excluding carboxylic acids is 1. The van der Waals surface area contributed by atoms with Crippen LogP contribution in [-0.4, -0.2) is 47.0 Å². The van der Waals surface area contributed by atoms with E-state index in [0.717, 1.165) is 43.1 Å². The van der Waals surface area contributed by atoms with Crippen molar-refractivity contribution in [1.82, 2.24) is 15.0 Å². The van der Waals surface area contributed by atoms with Crippen molar-refractivity contribution < 1.29 is 13.7 Å². The van der Waals surface area contributed by atoms with Crippen LogP contribution in [0.1, 0.15) is 35.4 Å². The molecule has 2 heterocycles. The molecule has 5 nitrogen and oxygen atoms in total. The van der Waals surface area contributed by atoms with Gasteiger partial charge in [0.2, 0.25) is 5.91 Å². The summed E-state index contributed by atoms with van der Waals surface area (Å²) in [7, 11) is 0. The molecule has 1 aliphatic rings. The fourth-order valence-corrected chi connectivity index (χ4v) is 3.49. The molecule has 1 amide bonds. The van der Waals surface area contributed by atoms with Crippen LogP contribution in [0.5, 0.6) is 0 Å². The van der Waals surface area contributed by atoms with Gasteiger partial charge in [0, 0.05) is 50.3 Å². The van der Waals surface area contributed by atoms with Crippen molar-refractivity contribution in [1.29, 1.82) is 0 Å². The molecule has 0 unspecified atom stereocenters. The largest absolute Gasteiger partial charge is 0.361 e. The Kier molecular flexibility index (Phi) is 6.04. The molecule has 0 atom stereocenters. The van der Waals surface area contributed by atoms with E-state index in [4.69, 9.17) is 4.52 Å². The lowest BCUT2D eigenvalue weighted by atomic mass is 10.1. The number of rotatable bonds is 5. The molecule has 140 valence electrons. The molecule has 0 aliphatic carbocycles. The summed E-state index contributed by atoms with van der Waals surface area (Å²) in [4.78, 5) is 16.7. The zero-order valence-corrected chi connectivity index (χ0v) is 15.5. The van der Waals surface area contributed by atoms with E-state index >= 15 is 0 Å². The van der Waals surface area contributed by atoms with E-state index in [1.165, 1.54) is 6.07 Å². The first-order valence-electron chi connectivity index (χ1n) is 9.20. The number of nitrogens with zero attached hydrogens (tertiary/aromatic N) is 3. The van der Waals surface area contributed by atoms with Gasteiger partial charge in [-0.2, -0.15) is 0 Å². The molecule has 0 bridgehead atoms. The molecular weight excluding hydrogens is 333 g/mol. The smallest absolute Gasteiger partial charge is 0.222 e. The van der Waals surface area contributed by atoms with Crippen LogP contribution in [0, 0.1) is 19.7 Å². The summed E-state index contributed by atoms with van der Waals surface area (Å²) >= 11 is 0. The third kappa shape index (κ3) is 4.49. The molecule has 1 saturated heterocycles. The van der Waals surface area contributed by atoms with Crippen LogP contribution in [-0.2, 0) is 17.8 Å². The molecule has 1 fully saturated rings. The Morgan fingerprint density at radius 2 is 2.00 bits per heavy atom. The zero-order valence-electron chi connectivity index (χ0n) is 15.5. The maximum absolute atomic E-state index is 13.8. The van der Waals surface area contributed by atoms with Crippen LogP contribution in [0.25, 0.3) is 0 Å². The molecule has 1 aliphatic heterocycles. The minimum absolute atomic E-state index is 0.163. The van der Waals surface area contributed by atoms with E-state index in [1.54, 1.807) is 6.07 Å². The summed E-state index contributed by atoms with van der Waals surface area (Å²) in [6, 6.07) is 6.89. The Hall–Kier alpha value is -2.21. The summed E-state index contributed by atoms with van der Waals surface area (Å²) in [5, 5.41) is 3.94. The van der Waals surface area contributed by atoms with Crippen molar-refractivity contribution >= 4 is 5.91 Å². The van der Waals surface area contributed by atoms with E-state index in [1.807, 2.05) is 30.9 Å². The molecule has 1 aromatic heterocycles. The normalized spacial score (nSPS) is 15.9. The lowest BCUT2D eigenvalue weighted by Crippen LogP contribution is -2.35. The van der Waals surface area contributed by atoms with Gasteiger partial charge in [-0.25, -0.2) is 4.39 Å². The summed E-state index contributed by atoms with van der Waals surface area (Å²) < 4.78 is 19.0. The second-order valence-electron chi connectivity index (χ2n) is 6.90. The van der Waals surface area contributed by atoms with Crippen LogP contribution in [0.15, 0.2) is 28.8 Å². The van der Waals surface area contributed by atoms with Crippen molar-refractivity contribution in [3.63, 3.8) is 0 Å². The first-order chi connectivity index (χ1) is 12.5. The van der Waals surface area contributed by atoms with Gasteiger partial charge in [-0.3, -0.25) is 9.69 Å². The standard InChI is InChI=1S/C20H26FN3O2/c1-15-18(16(2)26-22-15)8-9-20(25)24-11-5-10-23(12-13-24)14-17-6-3-4-7-19(17)21/h3-4,6-7H,5,8-14H2,1-2H3. The number of aryl methyl sites for hydroxylation is 2. The molecule has 6 heteroatoms. The number of amides is 1. The van der Waals surface area contributed by atoms with Crippen LogP contribution < -0.4 is 0 Å². The highest BCUT2D eigenvalue weighted by Gasteiger charge is 2.20. The number of hydrogen-bond acceptors (Lipinski definition) is 4. The number of hydrogen-bond donors (Lipinski definition) is 0. The number of carbonyl (C=O) groups is 1. The first kappa shape index (κ1) is 18.6. The topological polar surface area (TPSA) is 49.6 Å². The predicted octanol–water partition coefficient (Wildman–Crippen LogP) is 3.10. The summed E-state index contributed by atoms with van der Waals surface area (Å²) in [6.07, 6.45) is 2.04. The van der Waals surface area contributed by atoms with Gasteiger partial charge >= 0.3 is 0 Å². The van der Waals surface area contributed by atoms with E-state index in [9.17, 15) is 9.18 Å². The molecule has 1 aromatic carbocycles. The van der Waals surface area contributed by atoms with E-state index in [2.05, 4.69) is 10.1 Å². The Morgan fingerprint density at radius 1 is 1.19 bits per heavy atom. The predicted molar refractivity (Wildman–Crippen MR) is 97.2 cm³/mol. The van der Waals surface area contributed by atoms with E-state index in [-0.39, 0.29) is 11.7 Å². The van der Waals surface area contributed by atoms with Gasteiger partial charge < -0.3 is 9.42 Å². The van der Waals surface area contributed by atoms with Crippen molar-refractivity contribution in [3.05, 3.63) is 52.7 Å². The highest BCUT2D eigenvalue weighted by Crippen LogP contribution is 2.16. The molecule has 0 saturated carbocycles. The number of aromatic nitrogens is 1. The summed E-state index contributed by atoms with van der Waals surface area (Å²) in [6.45, 7) is 7.47. The second-order valence-corrected chi connectivity index (χ2v) is 6.90. The SMILES string of the molecule is Cc1noc(C)c1CCC(=O)N1CCCN(Cc2ccccc2F)CC1. The van der Waals surface area contributed by atoms with E-state index in [0.29, 0.717) is 31.5 Å². The average molecular weight is 359 g/mol. The molecule has 0 spiro atoms. The van der Waals surface area contributed by atoms with Crippen molar-refractivity contribution in [2.24, 2.45) is 0 Å². The fraction of sp³-hybridized carbons (Fsp3) is 0.500. The number of halogens is 1. The van der Waals surface area contributed by atoms with Crippen molar-refractivity contribution in [3.8, 4) is 0 Å². The average Bonchev–Trinajstić information content (AvgIpc) is 2.82. The molecule has 0 N–H and O–H groups in total. The quantitative estimate of drug-likeness (QED) is 0.823. The van der Waals surface area contributed by atoms with Crippen molar-refractivity contribution in [2.75, 3.05) is 26.2 Å².